The Kier molecular flexibility index (Phi) is 3.40. The van der Waals surface area contributed by atoms with Crippen molar-refractivity contribution in [2.45, 2.75) is 12.6 Å². The first kappa shape index (κ1) is 14.9. The van der Waals surface area contributed by atoms with Crippen LogP contribution in [0.15, 0.2) is 24.5 Å². The molecule has 0 aliphatic heterocycles. The van der Waals surface area contributed by atoms with Gasteiger partial charge in [0.15, 0.2) is 5.69 Å². The van der Waals surface area contributed by atoms with E-state index in [0.29, 0.717) is 16.5 Å². The number of halogens is 4. The topological polar surface area (TPSA) is 35.6 Å². The maximum absolute atomic E-state index is 13.1. The molecule has 0 spiro atoms. The van der Waals surface area contributed by atoms with Crippen molar-refractivity contribution in [1.82, 2.24) is 19.3 Å². The fourth-order valence-corrected chi connectivity index (χ4v) is 2.65. The lowest BCUT2D eigenvalue weighted by Crippen LogP contribution is -2.09. The summed E-state index contributed by atoms with van der Waals surface area (Å²) in [6.45, 7) is 3.60. The Bertz CT molecular complexity index is 848. The number of fused-ring (bicyclic) bond motifs is 1. The van der Waals surface area contributed by atoms with Gasteiger partial charge in [-0.2, -0.15) is 18.3 Å². The van der Waals surface area contributed by atoms with Gasteiger partial charge < -0.3 is 0 Å². The number of pyridine rings is 1. The summed E-state index contributed by atoms with van der Waals surface area (Å²) in [5.41, 5.74) is -0.379. The van der Waals surface area contributed by atoms with Crippen LogP contribution in [0, 0.1) is 6.92 Å². The van der Waals surface area contributed by atoms with E-state index in [1.165, 1.54) is 17.9 Å². The Balaban J connectivity index is 2.29. The Morgan fingerprint density at radius 3 is 2.73 bits per heavy atom. The molecule has 0 aromatic carbocycles. The van der Waals surface area contributed by atoms with Crippen LogP contribution >= 0.6 is 11.6 Å². The fourth-order valence-electron chi connectivity index (χ4n) is 2.49. The Labute approximate surface area is 129 Å². The third-order valence-corrected chi connectivity index (χ3v) is 3.56. The van der Waals surface area contributed by atoms with Crippen LogP contribution in [-0.4, -0.2) is 19.3 Å². The van der Waals surface area contributed by atoms with Crippen LogP contribution in [0.3, 0.4) is 0 Å². The molecule has 0 atom stereocenters. The zero-order valence-electron chi connectivity index (χ0n) is 11.5. The van der Waals surface area contributed by atoms with Crippen molar-refractivity contribution < 1.29 is 13.2 Å². The first-order valence-corrected chi connectivity index (χ1v) is 6.76. The molecule has 3 rings (SSSR count). The average molecular weight is 328 g/mol. The van der Waals surface area contributed by atoms with Crippen molar-refractivity contribution >= 4 is 22.6 Å². The van der Waals surface area contributed by atoms with Crippen molar-refractivity contribution in [3.63, 3.8) is 0 Å². The van der Waals surface area contributed by atoms with Gasteiger partial charge in [-0.25, -0.2) is 4.98 Å². The molecule has 22 heavy (non-hydrogen) atoms. The average Bonchev–Trinajstić information content (AvgIpc) is 2.98. The molecule has 0 N–H and O–H groups in total. The van der Waals surface area contributed by atoms with Crippen LogP contribution in [0.25, 0.3) is 16.9 Å². The lowest BCUT2D eigenvalue weighted by Gasteiger charge is -2.09. The minimum Gasteiger partial charge on any atom is -0.285 e. The van der Waals surface area contributed by atoms with E-state index in [1.807, 2.05) is 0 Å². The van der Waals surface area contributed by atoms with Gasteiger partial charge in [-0.1, -0.05) is 11.6 Å². The highest BCUT2D eigenvalue weighted by atomic mass is 35.5. The quantitative estimate of drug-likeness (QED) is 0.717. The van der Waals surface area contributed by atoms with E-state index in [4.69, 9.17) is 11.6 Å². The summed E-state index contributed by atoms with van der Waals surface area (Å²) in [5, 5.41) is 4.81. The largest absolute Gasteiger partial charge is 0.435 e. The summed E-state index contributed by atoms with van der Waals surface area (Å²) in [7, 11) is 1.46. The molecule has 0 aliphatic carbocycles. The molecule has 3 aromatic heterocycles. The first-order chi connectivity index (χ1) is 10.3. The van der Waals surface area contributed by atoms with Crippen LogP contribution in [0.4, 0.5) is 13.2 Å². The van der Waals surface area contributed by atoms with Crippen LogP contribution in [0.1, 0.15) is 11.3 Å². The van der Waals surface area contributed by atoms with E-state index in [1.54, 1.807) is 22.9 Å². The molecule has 3 aromatic rings. The maximum atomic E-state index is 13.1. The standard InChI is InChI=1S/C14H11ClF3N4/c1-3-10-11(14(16,17)18)20-21(2)13(10)22-5-4-8-6-9(15)7-19-12(8)22/h4-7H,1,3H2,2H3. The highest BCUT2D eigenvalue weighted by molar-refractivity contribution is 6.31. The van der Waals surface area contributed by atoms with Gasteiger partial charge in [0, 0.05) is 30.4 Å². The minimum atomic E-state index is -4.53. The summed E-state index contributed by atoms with van der Waals surface area (Å²) >= 11 is 5.88. The normalized spacial score (nSPS) is 12.3. The van der Waals surface area contributed by atoms with Gasteiger partial charge >= 0.3 is 6.18 Å². The number of hydrogen-bond acceptors (Lipinski definition) is 2. The Hall–Kier alpha value is -2.02. The van der Waals surface area contributed by atoms with Gasteiger partial charge in [0.2, 0.25) is 0 Å². The van der Waals surface area contributed by atoms with E-state index in [9.17, 15) is 13.2 Å². The van der Waals surface area contributed by atoms with E-state index in [-0.39, 0.29) is 12.0 Å². The molecular weight excluding hydrogens is 317 g/mol. The SMILES string of the molecule is [CH2]Cc1c(C(F)(F)F)nn(C)c1-n1ccc2cc(Cl)cnc21. The molecule has 0 aliphatic rings. The predicted octanol–water partition coefficient (Wildman–Crippen LogP) is 3.81. The summed E-state index contributed by atoms with van der Waals surface area (Å²) in [4.78, 5) is 4.19. The molecule has 0 saturated heterocycles. The predicted molar refractivity (Wildman–Crippen MR) is 76.9 cm³/mol. The van der Waals surface area contributed by atoms with Crippen LogP contribution in [0.5, 0.6) is 0 Å². The summed E-state index contributed by atoms with van der Waals surface area (Å²) < 4.78 is 42.0. The minimum absolute atomic E-state index is 0.0317. The monoisotopic (exact) mass is 327 g/mol. The zero-order valence-corrected chi connectivity index (χ0v) is 12.3. The lowest BCUT2D eigenvalue weighted by atomic mass is 10.1. The second-order valence-electron chi connectivity index (χ2n) is 4.77. The van der Waals surface area contributed by atoms with Crippen molar-refractivity contribution in [3.05, 3.63) is 47.7 Å². The lowest BCUT2D eigenvalue weighted by molar-refractivity contribution is -0.142. The molecule has 0 fully saturated rings. The number of nitrogens with zero attached hydrogens (tertiary/aromatic N) is 4. The van der Waals surface area contributed by atoms with Crippen molar-refractivity contribution in [2.75, 3.05) is 0 Å². The highest BCUT2D eigenvalue weighted by Crippen LogP contribution is 2.34. The number of aryl methyl sites for hydroxylation is 1. The molecule has 1 radical (unpaired) electrons. The maximum Gasteiger partial charge on any atom is 0.435 e. The molecule has 3 heterocycles. The van der Waals surface area contributed by atoms with Gasteiger partial charge in [-0.3, -0.25) is 9.25 Å². The van der Waals surface area contributed by atoms with E-state index < -0.39 is 11.9 Å². The molecule has 0 saturated carbocycles. The van der Waals surface area contributed by atoms with Gasteiger partial charge in [-0.15, -0.1) is 0 Å². The smallest absolute Gasteiger partial charge is 0.285 e. The second kappa shape index (κ2) is 5.01. The number of hydrogen-bond donors (Lipinski definition) is 0. The van der Waals surface area contributed by atoms with E-state index in [0.717, 1.165) is 5.39 Å². The highest BCUT2D eigenvalue weighted by Gasteiger charge is 2.38. The number of aromatic nitrogens is 4. The fraction of sp³-hybridized carbons (Fsp3) is 0.214. The number of alkyl halides is 3. The number of rotatable bonds is 2. The van der Waals surface area contributed by atoms with Crippen LogP contribution < -0.4 is 0 Å². The van der Waals surface area contributed by atoms with E-state index >= 15 is 0 Å². The summed E-state index contributed by atoms with van der Waals surface area (Å²) in [6, 6.07) is 3.44. The van der Waals surface area contributed by atoms with E-state index in [2.05, 4.69) is 17.0 Å². The molecule has 0 amide bonds. The molecular formula is C14H11ClF3N4. The van der Waals surface area contributed by atoms with Gasteiger partial charge in [0.25, 0.3) is 0 Å². The van der Waals surface area contributed by atoms with Crippen molar-refractivity contribution in [3.8, 4) is 5.82 Å². The zero-order chi connectivity index (χ0) is 16.1. The van der Waals surface area contributed by atoms with Gasteiger partial charge in [0.05, 0.1) is 5.02 Å². The third kappa shape index (κ3) is 2.25. The third-order valence-electron chi connectivity index (χ3n) is 3.35. The molecule has 115 valence electrons. The van der Waals surface area contributed by atoms with Crippen molar-refractivity contribution in [1.29, 1.82) is 0 Å². The molecule has 4 nitrogen and oxygen atoms in total. The molecule has 8 heteroatoms. The molecule has 0 bridgehead atoms. The van der Waals surface area contributed by atoms with Gasteiger partial charge in [-0.05, 0) is 25.5 Å². The summed E-state index contributed by atoms with van der Waals surface area (Å²) in [5.74, 6) is 0.298. The second-order valence-corrected chi connectivity index (χ2v) is 5.21. The van der Waals surface area contributed by atoms with Crippen LogP contribution in [-0.2, 0) is 19.6 Å². The van der Waals surface area contributed by atoms with Crippen LogP contribution in [0.2, 0.25) is 5.02 Å². The van der Waals surface area contributed by atoms with Crippen molar-refractivity contribution in [2.24, 2.45) is 7.05 Å². The first-order valence-electron chi connectivity index (χ1n) is 6.38. The Morgan fingerprint density at radius 2 is 2.09 bits per heavy atom. The van der Waals surface area contributed by atoms with Gasteiger partial charge in [0.1, 0.15) is 11.5 Å². The summed E-state index contributed by atoms with van der Waals surface area (Å²) in [6.07, 6.45) is -1.47. The Morgan fingerprint density at radius 1 is 1.36 bits per heavy atom. The molecule has 0 unspecified atom stereocenters.